The van der Waals surface area contributed by atoms with E-state index in [2.05, 4.69) is 0 Å². The van der Waals surface area contributed by atoms with Gasteiger partial charge in [-0.3, -0.25) is 9.52 Å². The van der Waals surface area contributed by atoms with Gasteiger partial charge in [-0.2, -0.15) is 21.6 Å². The minimum atomic E-state index is -5.54. The Morgan fingerprint density at radius 3 is 2.57 bits per heavy atom. The molecule has 10 heteroatoms. The number of halogens is 4. The van der Waals surface area contributed by atoms with Crippen LogP contribution in [0.3, 0.4) is 0 Å². The lowest BCUT2D eigenvalue weighted by Crippen LogP contribution is -2.35. The van der Waals surface area contributed by atoms with Gasteiger partial charge in [0.2, 0.25) is 5.91 Å². The van der Waals surface area contributed by atoms with Crippen LogP contribution >= 0.6 is 11.6 Å². The number of anilines is 1. The van der Waals surface area contributed by atoms with Crippen LogP contribution in [0.5, 0.6) is 0 Å². The molecule has 1 heterocycles. The van der Waals surface area contributed by atoms with Crippen LogP contribution in [0.4, 0.5) is 18.9 Å². The van der Waals surface area contributed by atoms with Crippen LogP contribution in [0.1, 0.15) is 24.8 Å². The summed E-state index contributed by atoms with van der Waals surface area (Å²) in [7, 11) is -5.54. The molecule has 0 bridgehead atoms. The largest absolute Gasteiger partial charge is 0.516 e. The van der Waals surface area contributed by atoms with E-state index in [9.17, 15) is 26.4 Å². The van der Waals surface area contributed by atoms with Crippen molar-refractivity contribution in [3.63, 3.8) is 0 Å². The molecular formula is C13H14ClF3N2O3S. The third-order valence-electron chi connectivity index (χ3n) is 3.40. The SMILES string of the molecule is O=C1CCCCN1Cc1cc(Cl)ccc1NS(=O)(=O)C(F)(F)F. The van der Waals surface area contributed by atoms with Gasteiger partial charge >= 0.3 is 15.5 Å². The summed E-state index contributed by atoms with van der Waals surface area (Å²) >= 11 is 5.83. The number of likely N-dealkylation sites (tertiary alicyclic amines) is 1. The molecule has 1 aromatic rings. The lowest BCUT2D eigenvalue weighted by molar-refractivity contribution is -0.133. The van der Waals surface area contributed by atoms with Crippen LogP contribution in [-0.4, -0.2) is 31.3 Å². The van der Waals surface area contributed by atoms with Crippen molar-refractivity contribution in [2.75, 3.05) is 11.3 Å². The van der Waals surface area contributed by atoms with Gasteiger partial charge < -0.3 is 4.90 Å². The molecule has 0 atom stereocenters. The molecule has 0 radical (unpaired) electrons. The Balaban J connectivity index is 2.29. The fourth-order valence-corrected chi connectivity index (χ4v) is 3.03. The third-order valence-corrected chi connectivity index (χ3v) is 4.73. The molecule has 1 amide bonds. The van der Waals surface area contributed by atoms with Crippen molar-refractivity contribution in [3.8, 4) is 0 Å². The molecule has 0 saturated carbocycles. The average Bonchev–Trinajstić information content (AvgIpc) is 2.43. The first-order valence-corrected chi connectivity index (χ1v) is 8.61. The zero-order valence-corrected chi connectivity index (χ0v) is 13.4. The van der Waals surface area contributed by atoms with Gasteiger partial charge in [-0.1, -0.05) is 11.6 Å². The van der Waals surface area contributed by atoms with Gasteiger partial charge in [0.05, 0.1) is 5.69 Å². The Morgan fingerprint density at radius 2 is 1.96 bits per heavy atom. The molecule has 0 aromatic heterocycles. The molecule has 1 aromatic carbocycles. The topological polar surface area (TPSA) is 66.5 Å². The number of alkyl halides is 3. The van der Waals surface area contributed by atoms with Crippen LogP contribution in [0, 0.1) is 0 Å². The van der Waals surface area contributed by atoms with Crippen molar-refractivity contribution in [1.29, 1.82) is 0 Å². The predicted molar refractivity (Wildman–Crippen MR) is 79.3 cm³/mol. The van der Waals surface area contributed by atoms with Crippen molar-refractivity contribution < 1.29 is 26.4 Å². The number of benzene rings is 1. The van der Waals surface area contributed by atoms with Gasteiger partial charge in [0, 0.05) is 24.5 Å². The Kier molecular flexibility index (Phi) is 5.10. The molecule has 1 N–H and O–H groups in total. The summed E-state index contributed by atoms with van der Waals surface area (Å²) in [5.74, 6) is -0.124. The Bertz CT molecular complexity index is 707. The van der Waals surface area contributed by atoms with E-state index < -0.39 is 15.5 Å². The Hall–Kier alpha value is -1.48. The van der Waals surface area contributed by atoms with Gasteiger partial charge in [0.15, 0.2) is 0 Å². The first-order chi connectivity index (χ1) is 10.6. The normalized spacial score (nSPS) is 16.5. The smallest absolute Gasteiger partial charge is 0.338 e. The lowest BCUT2D eigenvalue weighted by atomic mass is 10.1. The molecular weight excluding hydrogens is 357 g/mol. The van der Waals surface area contributed by atoms with Crippen molar-refractivity contribution in [2.45, 2.75) is 31.3 Å². The van der Waals surface area contributed by atoms with Crippen molar-refractivity contribution in [2.24, 2.45) is 0 Å². The van der Waals surface area contributed by atoms with E-state index in [0.29, 0.717) is 13.0 Å². The quantitative estimate of drug-likeness (QED) is 0.885. The lowest BCUT2D eigenvalue weighted by Gasteiger charge is -2.27. The molecule has 128 valence electrons. The minimum Gasteiger partial charge on any atom is -0.338 e. The molecule has 1 aliphatic rings. The highest BCUT2D eigenvalue weighted by atomic mass is 35.5. The van der Waals surface area contributed by atoms with Gasteiger partial charge in [0.25, 0.3) is 0 Å². The maximum absolute atomic E-state index is 12.5. The summed E-state index contributed by atoms with van der Waals surface area (Å²) in [6, 6.07) is 3.77. The molecule has 0 spiro atoms. The molecule has 1 fully saturated rings. The second-order valence-electron chi connectivity index (χ2n) is 5.13. The van der Waals surface area contributed by atoms with Crippen molar-refractivity contribution in [3.05, 3.63) is 28.8 Å². The number of nitrogens with one attached hydrogen (secondary N) is 1. The second-order valence-corrected chi connectivity index (χ2v) is 7.24. The summed E-state index contributed by atoms with van der Waals surface area (Å²) in [4.78, 5) is 13.3. The number of carbonyl (C=O) groups is 1. The number of piperidine rings is 1. The summed E-state index contributed by atoms with van der Waals surface area (Å²) in [5.41, 5.74) is -5.46. The van der Waals surface area contributed by atoms with Crippen molar-refractivity contribution in [1.82, 2.24) is 4.90 Å². The average molecular weight is 371 g/mol. The molecule has 0 unspecified atom stereocenters. The maximum atomic E-state index is 12.5. The standard InChI is InChI=1S/C13H14ClF3N2O3S/c14-10-4-5-11(18-23(21,22)13(15,16)17)9(7-10)8-19-6-2-1-3-12(19)20/h4-5,7,18H,1-3,6,8H2. The van der Waals surface area contributed by atoms with Gasteiger partial charge in [-0.25, -0.2) is 0 Å². The monoisotopic (exact) mass is 370 g/mol. The molecule has 1 aliphatic heterocycles. The molecule has 2 rings (SSSR count). The number of nitrogens with zero attached hydrogens (tertiary/aromatic N) is 1. The van der Waals surface area contributed by atoms with E-state index >= 15 is 0 Å². The van der Waals surface area contributed by atoms with E-state index in [1.165, 1.54) is 21.8 Å². The summed E-state index contributed by atoms with van der Waals surface area (Å²) in [6.45, 7) is 0.464. The Morgan fingerprint density at radius 1 is 1.26 bits per heavy atom. The zero-order chi connectivity index (χ0) is 17.3. The van der Waals surface area contributed by atoms with Gasteiger partial charge in [0.1, 0.15) is 0 Å². The number of rotatable bonds is 4. The number of amides is 1. The summed E-state index contributed by atoms with van der Waals surface area (Å²) < 4.78 is 61.6. The first kappa shape index (κ1) is 17.9. The van der Waals surface area contributed by atoms with Crippen LogP contribution in [0.25, 0.3) is 0 Å². The number of hydrogen-bond donors (Lipinski definition) is 1. The number of sulfonamides is 1. The van der Waals surface area contributed by atoms with Crippen molar-refractivity contribution >= 4 is 33.2 Å². The second kappa shape index (κ2) is 6.56. The van der Waals surface area contributed by atoms with E-state index in [-0.39, 0.29) is 28.7 Å². The van der Waals surface area contributed by atoms with Crippen LogP contribution < -0.4 is 4.72 Å². The van der Waals surface area contributed by atoms with Gasteiger partial charge in [-0.15, -0.1) is 0 Å². The van der Waals surface area contributed by atoms with E-state index in [0.717, 1.165) is 18.9 Å². The minimum absolute atomic E-state index is 0.00486. The molecule has 5 nitrogen and oxygen atoms in total. The summed E-state index contributed by atoms with van der Waals surface area (Å²) in [5, 5.41) is 0.236. The number of carbonyl (C=O) groups excluding carboxylic acids is 1. The Labute approximate surface area is 136 Å². The molecule has 1 saturated heterocycles. The third kappa shape index (κ3) is 4.29. The molecule has 0 aliphatic carbocycles. The highest BCUT2D eigenvalue weighted by Gasteiger charge is 2.46. The van der Waals surface area contributed by atoms with Crippen LogP contribution in [0.2, 0.25) is 5.02 Å². The fraction of sp³-hybridized carbons (Fsp3) is 0.462. The van der Waals surface area contributed by atoms with E-state index in [1.807, 2.05) is 0 Å². The van der Waals surface area contributed by atoms with E-state index in [4.69, 9.17) is 11.6 Å². The zero-order valence-electron chi connectivity index (χ0n) is 11.9. The van der Waals surface area contributed by atoms with E-state index in [1.54, 1.807) is 0 Å². The molecule has 23 heavy (non-hydrogen) atoms. The first-order valence-electron chi connectivity index (χ1n) is 6.75. The van der Waals surface area contributed by atoms with Crippen LogP contribution in [-0.2, 0) is 21.4 Å². The maximum Gasteiger partial charge on any atom is 0.516 e. The van der Waals surface area contributed by atoms with Gasteiger partial charge in [-0.05, 0) is 36.6 Å². The number of hydrogen-bond acceptors (Lipinski definition) is 3. The fourth-order valence-electron chi connectivity index (χ4n) is 2.23. The highest BCUT2D eigenvalue weighted by molar-refractivity contribution is 7.93. The van der Waals surface area contributed by atoms with Crippen LogP contribution in [0.15, 0.2) is 18.2 Å². The predicted octanol–water partition coefficient (Wildman–Crippen LogP) is 3.11. The summed E-state index contributed by atoms with van der Waals surface area (Å²) in [6.07, 6.45) is 1.92. The highest BCUT2D eigenvalue weighted by Crippen LogP contribution is 2.29.